The Bertz CT molecular complexity index is 664. The first kappa shape index (κ1) is 15.0. The van der Waals surface area contributed by atoms with Crippen LogP contribution in [0.2, 0.25) is 5.02 Å². The fourth-order valence-electron chi connectivity index (χ4n) is 2.08. The summed E-state index contributed by atoms with van der Waals surface area (Å²) in [5, 5.41) is 9.30. The summed E-state index contributed by atoms with van der Waals surface area (Å²) >= 11 is 5.74. The second-order valence-corrected chi connectivity index (χ2v) is 7.33. The van der Waals surface area contributed by atoms with E-state index in [0.29, 0.717) is 0 Å². The molecule has 0 aliphatic carbocycles. The van der Waals surface area contributed by atoms with Gasteiger partial charge in [-0.25, -0.2) is 13.4 Å². The van der Waals surface area contributed by atoms with Gasteiger partial charge in [-0.15, -0.1) is 0 Å². The zero-order valence-electron chi connectivity index (χ0n) is 10.7. The van der Waals surface area contributed by atoms with Crippen molar-refractivity contribution in [2.24, 2.45) is 5.41 Å². The Morgan fingerprint density at radius 3 is 2.80 bits per heavy atom. The van der Waals surface area contributed by atoms with E-state index in [-0.39, 0.29) is 35.2 Å². The minimum Gasteiger partial charge on any atom is -0.481 e. The van der Waals surface area contributed by atoms with Gasteiger partial charge in [-0.3, -0.25) is 4.79 Å². The second-order valence-electron chi connectivity index (χ2n) is 4.99. The van der Waals surface area contributed by atoms with Gasteiger partial charge in [0.15, 0.2) is 0 Å². The molecule has 0 radical (unpaired) electrons. The molecule has 2 rings (SSSR count). The molecule has 7 nitrogen and oxygen atoms in total. The molecule has 1 aromatic heterocycles. The van der Waals surface area contributed by atoms with Crippen LogP contribution in [0.25, 0.3) is 0 Å². The van der Waals surface area contributed by atoms with Gasteiger partial charge in [0.1, 0.15) is 10.7 Å². The number of hydrogen-bond donors (Lipinski definition) is 2. The molecular formula is C11H14ClN3O4S. The molecule has 3 N–H and O–H groups in total. The van der Waals surface area contributed by atoms with Crippen molar-refractivity contribution in [1.82, 2.24) is 9.29 Å². The number of aromatic nitrogens is 1. The third-order valence-electron chi connectivity index (χ3n) is 3.42. The lowest BCUT2D eigenvalue weighted by Gasteiger charge is -2.20. The Labute approximate surface area is 121 Å². The highest BCUT2D eigenvalue weighted by molar-refractivity contribution is 7.89. The number of nitrogens with zero attached hydrogens (tertiary/aromatic N) is 2. The second kappa shape index (κ2) is 4.87. The van der Waals surface area contributed by atoms with E-state index in [1.54, 1.807) is 0 Å². The lowest BCUT2D eigenvalue weighted by Crippen LogP contribution is -2.35. The summed E-state index contributed by atoms with van der Waals surface area (Å²) in [7, 11) is -3.90. The molecular weight excluding hydrogens is 306 g/mol. The Hall–Kier alpha value is -1.38. The molecule has 110 valence electrons. The van der Waals surface area contributed by atoms with Gasteiger partial charge in [0.25, 0.3) is 0 Å². The predicted octanol–water partition coefficient (Wildman–Crippen LogP) is 0.803. The van der Waals surface area contributed by atoms with Crippen LogP contribution in [0.3, 0.4) is 0 Å². The molecule has 1 saturated heterocycles. The normalized spacial score (nSPS) is 23.9. The third-order valence-corrected chi connectivity index (χ3v) is 5.50. The molecule has 0 bridgehead atoms. The highest BCUT2D eigenvalue weighted by Crippen LogP contribution is 2.35. The minimum atomic E-state index is -3.90. The molecule has 1 fully saturated rings. The van der Waals surface area contributed by atoms with Crippen molar-refractivity contribution in [3.05, 3.63) is 17.3 Å². The molecule has 0 amide bonds. The molecule has 0 aromatic carbocycles. The average molecular weight is 320 g/mol. The molecule has 0 spiro atoms. The van der Waals surface area contributed by atoms with Gasteiger partial charge in [-0.1, -0.05) is 11.6 Å². The van der Waals surface area contributed by atoms with E-state index in [9.17, 15) is 13.2 Å². The fourth-order valence-corrected chi connectivity index (χ4v) is 3.96. The Kier molecular flexibility index (Phi) is 3.66. The smallest absolute Gasteiger partial charge is 0.310 e. The summed E-state index contributed by atoms with van der Waals surface area (Å²) in [6, 6.07) is 1.22. The van der Waals surface area contributed by atoms with Crippen LogP contribution in [-0.2, 0) is 14.8 Å². The van der Waals surface area contributed by atoms with Crippen molar-refractivity contribution in [3.63, 3.8) is 0 Å². The number of aliphatic carboxylic acids is 1. The van der Waals surface area contributed by atoms with E-state index >= 15 is 0 Å². The standard InChI is InChI=1S/C11H14ClN3O4S/c1-11(10(16)17)2-3-15(6-11)20(18,19)8-4-7(12)5-14-9(8)13/h4-5H,2-3,6H2,1H3,(H2,13,14)(H,16,17). The highest BCUT2D eigenvalue weighted by atomic mass is 35.5. The van der Waals surface area contributed by atoms with E-state index in [1.165, 1.54) is 19.2 Å². The van der Waals surface area contributed by atoms with Crippen molar-refractivity contribution >= 4 is 33.4 Å². The maximum absolute atomic E-state index is 12.5. The number of halogens is 1. The number of sulfonamides is 1. The van der Waals surface area contributed by atoms with Crippen LogP contribution in [-0.4, -0.2) is 41.9 Å². The summed E-state index contributed by atoms with van der Waals surface area (Å²) < 4.78 is 26.0. The van der Waals surface area contributed by atoms with Crippen LogP contribution in [0.15, 0.2) is 17.2 Å². The van der Waals surface area contributed by atoms with E-state index in [0.717, 1.165) is 4.31 Å². The number of pyridine rings is 1. The van der Waals surface area contributed by atoms with Crippen molar-refractivity contribution in [3.8, 4) is 0 Å². The first-order valence-electron chi connectivity index (χ1n) is 5.81. The molecule has 1 unspecified atom stereocenters. The van der Waals surface area contributed by atoms with Gasteiger partial charge in [0, 0.05) is 19.3 Å². The summed E-state index contributed by atoms with van der Waals surface area (Å²) in [6.45, 7) is 1.54. The first-order chi connectivity index (χ1) is 9.17. The number of nitrogen functional groups attached to an aromatic ring is 1. The average Bonchev–Trinajstić information content (AvgIpc) is 2.77. The third kappa shape index (κ3) is 2.46. The number of nitrogens with two attached hydrogens (primary N) is 1. The van der Waals surface area contributed by atoms with Crippen molar-refractivity contribution in [2.75, 3.05) is 18.8 Å². The maximum atomic E-state index is 12.5. The van der Waals surface area contributed by atoms with E-state index in [2.05, 4.69) is 4.98 Å². The van der Waals surface area contributed by atoms with Crippen LogP contribution in [0.5, 0.6) is 0 Å². The molecule has 1 atom stereocenters. The van der Waals surface area contributed by atoms with Crippen LogP contribution in [0, 0.1) is 5.41 Å². The highest BCUT2D eigenvalue weighted by Gasteiger charge is 2.45. The quantitative estimate of drug-likeness (QED) is 0.852. The Morgan fingerprint density at radius 2 is 2.25 bits per heavy atom. The fraction of sp³-hybridized carbons (Fsp3) is 0.455. The number of carboxylic acid groups (broad SMARTS) is 1. The zero-order valence-corrected chi connectivity index (χ0v) is 12.3. The number of carboxylic acids is 1. The molecule has 1 aliphatic heterocycles. The van der Waals surface area contributed by atoms with Crippen LogP contribution < -0.4 is 5.73 Å². The van der Waals surface area contributed by atoms with Crippen molar-refractivity contribution in [1.29, 1.82) is 0 Å². The van der Waals surface area contributed by atoms with Gasteiger partial charge in [0.2, 0.25) is 10.0 Å². The molecule has 0 saturated carbocycles. The molecule has 1 aromatic rings. The van der Waals surface area contributed by atoms with Crippen molar-refractivity contribution in [2.45, 2.75) is 18.2 Å². The van der Waals surface area contributed by atoms with E-state index in [4.69, 9.17) is 22.4 Å². The van der Waals surface area contributed by atoms with Crippen molar-refractivity contribution < 1.29 is 18.3 Å². The van der Waals surface area contributed by atoms with Crippen LogP contribution in [0.1, 0.15) is 13.3 Å². The number of anilines is 1. The summed E-state index contributed by atoms with van der Waals surface area (Å²) in [6.07, 6.45) is 1.50. The van der Waals surface area contributed by atoms with Gasteiger partial charge in [-0.05, 0) is 19.4 Å². The Balaban J connectivity index is 2.38. The van der Waals surface area contributed by atoms with Gasteiger partial charge in [0.05, 0.1) is 10.4 Å². The molecule has 9 heteroatoms. The summed E-state index contributed by atoms with van der Waals surface area (Å²) in [4.78, 5) is 14.7. The topological polar surface area (TPSA) is 114 Å². The summed E-state index contributed by atoms with van der Waals surface area (Å²) in [5.41, 5.74) is 4.49. The van der Waals surface area contributed by atoms with Crippen LogP contribution in [0.4, 0.5) is 5.82 Å². The molecule has 2 heterocycles. The molecule has 1 aliphatic rings. The minimum absolute atomic E-state index is 0.101. The number of rotatable bonds is 3. The van der Waals surface area contributed by atoms with E-state index in [1.807, 2.05) is 0 Å². The predicted molar refractivity (Wildman–Crippen MR) is 72.8 cm³/mol. The lowest BCUT2D eigenvalue weighted by molar-refractivity contribution is -0.146. The molecule has 20 heavy (non-hydrogen) atoms. The van der Waals surface area contributed by atoms with Crippen LogP contribution >= 0.6 is 11.6 Å². The first-order valence-corrected chi connectivity index (χ1v) is 7.63. The Morgan fingerprint density at radius 1 is 1.60 bits per heavy atom. The van der Waals surface area contributed by atoms with Gasteiger partial charge in [-0.2, -0.15) is 4.31 Å². The largest absolute Gasteiger partial charge is 0.481 e. The zero-order chi connectivity index (χ0) is 15.1. The SMILES string of the molecule is CC1(C(=O)O)CCN(S(=O)(=O)c2cc(Cl)cnc2N)C1. The number of hydrogen-bond acceptors (Lipinski definition) is 5. The monoisotopic (exact) mass is 319 g/mol. The van der Waals surface area contributed by atoms with Gasteiger partial charge < -0.3 is 10.8 Å². The summed E-state index contributed by atoms with van der Waals surface area (Å²) in [5.74, 6) is -1.18. The van der Waals surface area contributed by atoms with E-state index < -0.39 is 21.4 Å². The maximum Gasteiger partial charge on any atom is 0.310 e. The number of carbonyl (C=O) groups is 1. The lowest BCUT2D eigenvalue weighted by atomic mass is 9.90. The van der Waals surface area contributed by atoms with Gasteiger partial charge >= 0.3 is 5.97 Å².